The zero-order valence-electron chi connectivity index (χ0n) is 16.4. The van der Waals surface area contributed by atoms with Gasteiger partial charge in [0.25, 0.3) is 5.60 Å². The van der Waals surface area contributed by atoms with E-state index in [2.05, 4.69) is 0 Å². The highest BCUT2D eigenvalue weighted by Gasteiger charge is 2.71. The van der Waals surface area contributed by atoms with Crippen LogP contribution in [-0.2, 0) is 16.8 Å². The molecule has 2 unspecified atom stereocenters. The monoisotopic (exact) mass is 425 g/mol. The van der Waals surface area contributed by atoms with E-state index >= 15 is 0 Å². The summed E-state index contributed by atoms with van der Waals surface area (Å²) in [6.07, 6.45) is -9.53. The summed E-state index contributed by atoms with van der Waals surface area (Å²) in [5.41, 5.74) is -5.39. The average molecular weight is 425 g/mol. The molecule has 0 spiro atoms. The van der Waals surface area contributed by atoms with Crippen LogP contribution >= 0.6 is 0 Å². The fraction of sp³-hybridized carbons (Fsp3) is 0.650. The van der Waals surface area contributed by atoms with Crippen molar-refractivity contribution < 1.29 is 36.2 Å². The number of anilines is 1. The fourth-order valence-corrected chi connectivity index (χ4v) is 3.90. The lowest BCUT2D eigenvalue weighted by molar-refractivity contribution is -0.376. The van der Waals surface area contributed by atoms with Crippen molar-refractivity contribution in [2.45, 2.75) is 64.0 Å². The molecule has 2 rings (SSSR count). The van der Waals surface area contributed by atoms with Gasteiger partial charge in [0.1, 0.15) is 6.29 Å². The smallest absolute Gasteiger partial charge is 0.369 e. The molecule has 1 heterocycles. The minimum Gasteiger partial charge on any atom is -0.369 e. The lowest BCUT2D eigenvalue weighted by atomic mass is 9.89. The first kappa shape index (κ1) is 23.5. The van der Waals surface area contributed by atoms with Gasteiger partial charge in [-0.15, -0.1) is 0 Å². The van der Waals surface area contributed by atoms with Crippen LogP contribution in [0.5, 0.6) is 0 Å². The number of benzene rings is 1. The van der Waals surface area contributed by atoms with Crippen molar-refractivity contribution in [2.24, 2.45) is 11.8 Å². The van der Waals surface area contributed by atoms with Gasteiger partial charge in [-0.2, -0.15) is 26.3 Å². The molecule has 0 amide bonds. The molecule has 164 valence electrons. The third-order valence-electron chi connectivity index (χ3n) is 5.46. The normalized spacial score (nSPS) is 19.7. The molecular weight excluding hydrogens is 400 g/mol. The van der Waals surface area contributed by atoms with Gasteiger partial charge >= 0.3 is 12.4 Å². The van der Waals surface area contributed by atoms with E-state index in [9.17, 15) is 36.2 Å². The number of nitrogens with zero attached hydrogens (tertiary/aromatic N) is 1. The van der Waals surface area contributed by atoms with E-state index in [1.807, 2.05) is 18.7 Å². The largest absolute Gasteiger partial charge is 0.430 e. The highest BCUT2D eigenvalue weighted by Crippen LogP contribution is 2.51. The van der Waals surface area contributed by atoms with Gasteiger partial charge in [-0.25, -0.2) is 0 Å². The van der Waals surface area contributed by atoms with Gasteiger partial charge in [0.05, 0.1) is 0 Å². The van der Waals surface area contributed by atoms with E-state index in [1.165, 1.54) is 6.07 Å². The van der Waals surface area contributed by atoms with Crippen LogP contribution in [0.1, 0.15) is 44.7 Å². The molecule has 1 aliphatic rings. The van der Waals surface area contributed by atoms with Crippen LogP contribution in [0, 0.1) is 11.8 Å². The topological polar surface area (TPSA) is 40.5 Å². The number of aliphatic hydroxyl groups is 1. The number of fused-ring (bicyclic) bond motifs is 1. The van der Waals surface area contributed by atoms with Gasteiger partial charge in [0.2, 0.25) is 0 Å². The zero-order valence-corrected chi connectivity index (χ0v) is 16.4. The second-order valence-electron chi connectivity index (χ2n) is 8.02. The van der Waals surface area contributed by atoms with Gasteiger partial charge < -0.3 is 14.8 Å². The number of rotatable bonds is 5. The van der Waals surface area contributed by atoms with Gasteiger partial charge in [0, 0.05) is 29.8 Å². The molecule has 0 saturated heterocycles. The van der Waals surface area contributed by atoms with Crippen LogP contribution in [0.3, 0.4) is 0 Å². The SMILES string of the molecule is CC(C=O)CN1c2ccc(C(O)(C(F)(F)F)C(F)(F)F)cc2CCCC1C(C)C. The van der Waals surface area contributed by atoms with Gasteiger partial charge in [-0.3, -0.25) is 0 Å². The second kappa shape index (κ2) is 8.16. The molecule has 29 heavy (non-hydrogen) atoms. The lowest BCUT2D eigenvalue weighted by Crippen LogP contribution is -2.54. The number of alkyl halides is 6. The van der Waals surface area contributed by atoms with Crippen LogP contribution < -0.4 is 4.90 Å². The van der Waals surface area contributed by atoms with E-state index in [4.69, 9.17) is 0 Å². The summed E-state index contributed by atoms with van der Waals surface area (Å²) in [7, 11) is 0. The first-order valence-electron chi connectivity index (χ1n) is 9.45. The van der Waals surface area contributed by atoms with Crippen molar-refractivity contribution in [2.75, 3.05) is 11.4 Å². The molecule has 2 atom stereocenters. The number of hydrogen-bond acceptors (Lipinski definition) is 3. The summed E-state index contributed by atoms with van der Waals surface area (Å²) < 4.78 is 79.4. The Hall–Kier alpha value is -1.77. The van der Waals surface area contributed by atoms with E-state index in [0.29, 0.717) is 36.7 Å². The van der Waals surface area contributed by atoms with Crippen molar-refractivity contribution in [3.8, 4) is 0 Å². The second-order valence-corrected chi connectivity index (χ2v) is 8.02. The Morgan fingerprint density at radius 1 is 1.14 bits per heavy atom. The molecule has 9 heteroatoms. The Morgan fingerprint density at radius 3 is 2.21 bits per heavy atom. The van der Waals surface area contributed by atoms with Gasteiger partial charge in [0.15, 0.2) is 0 Å². The van der Waals surface area contributed by atoms with Crippen molar-refractivity contribution in [3.63, 3.8) is 0 Å². The molecule has 0 radical (unpaired) electrons. The Labute approximate surface area is 165 Å². The molecule has 0 fully saturated rings. The molecule has 0 saturated carbocycles. The molecular formula is C20H25F6NO2. The maximum absolute atomic E-state index is 13.2. The molecule has 1 aliphatic heterocycles. The average Bonchev–Trinajstić information content (AvgIpc) is 2.78. The number of aldehydes is 1. The summed E-state index contributed by atoms with van der Waals surface area (Å²) in [6.45, 7) is 5.97. The van der Waals surface area contributed by atoms with Crippen molar-refractivity contribution >= 4 is 12.0 Å². The third-order valence-corrected chi connectivity index (χ3v) is 5.46. The van der Waals surface area contributed by atoms with E-state index in [0.717, 1.165) is 12.4 Å². The highest BCUT2D eigenvalue weighted by molar-refractivity contribution is 5.60. The summed E-state index contributed by atoms with van der Waals surface area (Å²) >= 11 is 0. The van der Waals surface area contributed by atoms with E-state index < -0.39 is 23.5 Å². The third kappa shape index (κ3) is 4.39. The predicted molar refractivity (Wildman–Crippen MR) is 96.6 cm³/mol. The summed E-state index contributed by atoms with van der Waals surface area (Å²) in [4.78, 5) is 13.0. The number of carbonyl (C=O) groups excluding carboxylic acids is 1. The molecule has 1 aromatic carbocycles. The number of halogens is 6. The standard InChI is InChI=1S/C20H25F6NO2/c1-12(2)16-6-4-5-14-9-15(18(29,19(21,22)23)20(24,25)26)7-8-17(14)27(16)10-13(3)11-28/h7-9,11-13,16,29H,4-6,10H2,1-3H3. The van der Waals surface area contributed by atoms with Gasteiger partial charge in [-0.05, 0) is 36.8 Å². The number of aryl methyl sites for hydroxylation is 1. The van der Waals surface area contributed by atoms with E-state index in [1.54, 1.807) is 6.92 Å². The maximum atomic E-state index is 13.2. The first-order chi connectivity index (χ1) is 13.2. The van der Waals surface area contributed by atoms with Crippen LogP contribution in [0.15, 0.2) is 18.2 Å². The molecule has 0 bridgehead atoms. The van der Waals surface area contributed by atoms with Crippen molar-refractivity contribution in [1.82, 2.24) is 0 Å². The minimum absolute atomic E-state index is 0.00591. The Balaban J connectivity index is 2.61. The zero-order chi connectivity index (χ0) is 22.2. The summed E-state index contributed by atoms with van der Waals surface area (Å²) in [6, 6.07) is 2.68. The van der Waals surface area contributed by atoms with Crippen LogP contribution in [0.2, 0.25) is 0 Å². The molecule has 1 N–H and O–H groups in total. The van der Waals surface area contributed by atoms with Crippen LogP contribution in [-0.4, -0.2) is 36.3 Å². The number of carbonyl (C=O) groups is 1. The molecule has 1 aromatic rings. The molecule has 0 aliphatic carbocycles. The highest BCUT2D eigenvalue weighted by atomic mass is 19.4. The Morgan fingerprint density at radius 2 is 1.72 bits per heavy atom. The fourth-order valence-electron chi connectivity index (χ4n) is 3.90. The first-order valence-corrected chi connectivity index (χ1v) is 9.45. The molecule has 3 nitrogen and oxygen atoms in total. The summed E-state index contributed by atoms with van der Waals surface area (Å²) in [5.74, 6) is -0.189. The quantitative estimate of drug-likeness (QED) is 0.533. The van der Waals surface area contributed by atoms with E-state index in [-0.39, 0.29) is 24.3 Å². The minimum atomic E-state index is -5.92. The van der Waals surface area contributed by atoms with Crippen molar-refractivity contribution in [1.29, 1.82) is 0 Å². The maximum Gasteiger partial charge on any atom is 0.430 e. The Bertz CT molecular complexity index is 715. The van der Waals surface area contributed by atoms with Crippen molar-refractivity contribution in [3.05, 3.63) is 29.3 Å². The number of hydrogen-bond donors (Lipinski definition) is 1. The summed E-state index contributed by atoms with van der Waals surface area (Å²) in [5, 5.41) is 9.71. The lowest BCUT2D eigenvalue weighted by Gasteiger charge is -2.38. The van der Waals surface area contributed by atoms with Crippen LogP contribution in [0.25, 0.3) is 0 Å². The van der Waals surface area contributed by atoms with Crippen LogP contribution in [0.4, 0.5) is 32.0 Å². The van der Waals surface area contributed by atoms with Gasteiger partial charge in [-0.1, -0.05) is 32.9 Å². The Kier molecular flexibility index (Phi) is 6.62. The predicted octanol–water partition coefficient (Wildman–Crippen LogP) is 5.00. The molecule has 0 aromatic heterocycles.